The smallest absolute Gasteiger partial charge is 0.244 e. The lowest BCUT2D eigenvalue weighted by Gasteiger charge is -2.12. The summed E-state index contributed by atoms with van der Waals surface area (Å²) in [6.45, 7) is 4.65. The van der Waals surface area contributed by atoms with Gasteiger partial charge in [0.1, 0.15) is 4.90 Å². The number of hydrogen-bond donors (Lipinski definition) is 2. The van der Waals surface area contributed by atoms with Crippen molar-refractivity contribution in [1.82, 2.24) is 9.71 Å². The van der Waals surface area contributed by atoms with Crippen LogP contribution in [-0.2, 0) is 20.8 Å². The van der Waals surface area contributed by atoms with E-state index in [1.807, 2.05) is 6.92 Å². The van der Waals surface area contributed by atoms with Crippen LogP contribution in [0.5, 0.6) is 0 Å². The molecule has 1 atom stereocenters. The van der Waals surface area contributed by atoms with Crippen LogP contribution in [0.2, 0.25) is 0 Å². The van der Waals surface area contributed by atoms with Crippen molar-refractivity contribution in [3.05, 3.63) is 18.5 Å². The van der Waals surface area contributed by atoms with Gasteiger partial charge < -0.3 is 5.32 Å². The molecule has 0 fully saturated rings. The summed E-state index contributed by atoms with van der Waals surface area (Å²) in [5.41, 5.74) is 0.533. The van der Waals surface area contributed by atoms with Crippen molar-refractivity contribution in [1.29, 1.82) is 0 Å². The third-order valence-electron chi connectivity index (χ3n) is 2.58. The van der Waals surface area contributed by atoms with Crippen LogP contribution in [0.15, 0.2) is 23.4 Å². The topological polar surface area (TPSA) is 88.2 Å². The zero-order valence-electron chi connectivity index (χ0n) is 11.8. The Morgan fingerprint density at radius 3 is 2.70 bits per heavy atom. The van der Waals surface area contributed by atoms with E-state index in [-0.39, 0.29) is 11.4 Å². The van der Waals surface area contributed by atoms with E-state index in [4.69, 9.17) is 0 Å². The first-order valence-corrected chi connectivity index (χ1v) is 9.51. The molecule has 20 heavy (non-hydrogen) atoms. The summed E-state index contributed by atoms with van der Waals surface area (Å²) in [4.78, 5) is 3.98. The molecular weight excluding hydrogens is 298 g/mol. The summed E-state index contributed by atoms with van der Waals surface area (Å²) in [5, 5.41) is 3.06. The second-order valence-electron chi connectivity index (χ2n) is 4.13. The maximum atomic E-state index is 12.2. The molecule has 0 bridgehead atoms. The van der Waals surface area contributed by atoms with Gasteiger partial charge in [0.15, 0.2) is 0 Å². The van der Waals surface area contributed by atoms with Crippen LogP contribution < -0.4 is 10.0 Å². The molecule has 0 aliphatic carbocycles. The number of hydrogen-bond acceptors (Lipinski definition) is 5. The lowest BCUT2D eigenvalue weighted by Crippen LogP contribution is -2.29. The number of pyridine rings is 1. The van der Waals surface area contributed by atoms with Crippen LogP contribution in [0, 0.1) is 0 Å². The van der Waals surface area contributed by atoms with E-state index >= 15 is 0 Å². The summed E-state index contributed by atoms with van der Waals surface area (Å²) in [5.74, 6) is 0.839. The van der Waals surface area contributed by atoms with Crippen LogP contribution in [0.1, 0.15) is 20.3 Å². The van der Waals surface area contributed by atoms with Gasteiger partial charge in [-0.3, -0.25) is 9.19 Å². The number of nitrogens with one attached hydrogen (secondary N) is 2. The first-order valence-electron chi connectivity index (χ1n) is 6.53. The minimum absolute atomic E-state index is 0.121. The first kappa shape index (κ1) is 17.1. The fraction of sp³-hybridized carbons (Fsp3) is 0.583. The average molecular weight is 319 g/mol. The normalized spacial score (nSPS) is 13.1. The Kier molecular flexibility index (Phi) is 7.11. The predicted octanol–water partition coefficient (Wildman–Crippen LogP) is 0.950. The third kappa shape index (κ3) is 5.18. The highest BCUT2D eigenvalue weighted by molar-refractivity contribution is 7.89. The maximum absolute atomic E-state index is 12.2. The van der Waals surface area contributed by atoms with Gasteiger partial charge in [-0.2, -0.15) is 0 Å². The largest absolute Gasteiger partial charge is 0.384 e. The molecule has 1 heterocycles. The summed E-state index contributed by atoms with van der Waals surface area (Å²) < 4.78 is 38.1. The second kappa shape index (κ2) is 8.33. The lowest BCUT2D eigenvalue weighted by molar-refractivity contribution is 0.584. The summed E-state index contributed by atoms with van der Waals surface area (Å²) in [6.07, 6.45) is 3.75. The van der Waals surface area contributed by atoms with E-state index in [9.17, 15) is 12.6 Å². The molecule has 8 heteroatoms. The van der Waals surface area contributed by atoms with Gasteiger partial charge in [-0.15, -0.1) is 0 Å². The van der Waals surface area contributed by atoms with Gasteiger partial charge in [0.2, 0.25) is 10.0 Å². The van der Waals surface area contributed by atoms with Gasteiger partial charge >= 0.3 is 0 Å². The molecule has 1 unspecified atom stereocenters. The van der Waals surface area contributed by atoms with E-state index in [2.05, 4.69) is 15.0 Å². The molecule has 0 aliphatic heterocycles. The number of sulfonamides is 1. The molecule has 6 nitrogen and oxygen atoms in total. The first-order chi connectivity index (χ1) is 9.51. The van der Waals surface area contributed by atoms with Crippen LogP contribution in [-0.4, -0.2) is 42.2 Å². The minimum Gasteiger partial charge on any atom is -0.384 e. The molecular formula is C12H21N3O3S2. The Morgan fingerprint density at radius 1 is 1.30 bits per heavy atom. The van der Waals surface area contributed by atoms with Gasteiger partial charge in [-0.25, -0.2) is 13.1 Å². The quantitative estimate of drug-likeness (QED) is 0.707. The van der Waals surface area contributed by atoms with Crippen LogP contribution in [0.3, 0.4) is 0 Å². The SMILES string of the molecule is CCCNc1ccncc1S(=O)(=O)NCCS(=O)CC. The van der Waals surface area contributed by atoms with Crippen LogP contribution in [0.25, 0.3) is 0 Å². The molecule has 0 spiro atoms. The number of aromatic nitrogens is 1. The molecule has 0 saturated carbocycles. The minimum atomic E-state index is -3.63. The van der Waals surface area contributed by atoms with Crippen molar-refractivity contribution in [3.8, 4) is 0 Å². The fourth-order valence-corrected chi connectivity index (χ4v) is 3.42. The number of anilines is 1. The number of rotatable bonds is 9. The third-order valence-corrected chi connectivity index (χ3v) is 5.38. The van der Waals surface area contributed by atoms with E-state index in [0.29, 0.717) is 23.7 Å². The van der Waals surface area contributed by atoms with Crippen molar-refractivity contribution >= 4 is 26.5 Å². The van der Waals surface area contributed by atoms with Crippen molar-refractivity contribution in [2.45, 2.75) is 25.2 Å². The Bertz CT molecular complexity index is 547. The number of nitrogens with zero attached hydrogens (tertiary/aromatic N) is 1. The lowest BCUT2D eigenvalue weighted by atomic mass is 10.4. The maximum Gasteiger partial charge on any atom is 0.244 e. The molecule has 0 saturated heterocycles. The zero-order chi connectivity index (χ0) is 15.0. The second-order valence-corrected chi connectivity index (χ2v) is 7.73. The Labute approximate surface area is 122 Å². The highest BCUT2D eigenvalue weighted by Crippen LogP contribution is 2.19. The molecule has 1 aromatic rings. The fourth-order valence-electron chi connectivity index (χ4n) is 1.51. The Morgan fingerprint density at radius 2 is 2.05 bits per heavy atom. The van der Waals surface area contributed by atoms with Gasteiger partial charge in [-0.05, 0) is 12.5 Å². The van der Waals surface area contributed by atoms with Crippen LogP contribution >= 0.6 is 0 Å². The molecule has 1 rings (SSSR count). The van der Waals surface area contributed by atoms with Gasteiger partial charge in [0, 0.05) is 47.8 Å². The molecule has 114 valence electrons. The van der Waals surface area contributed by atoms with Crippen LogP contribution in [0.4, 0.5) is 5.69 Å². The molecule has 0 aromatic carbocycles. The summed E-state index contributed by atoms with van der Waals surface area (Å²) in [6, 6.07) is 1.63. The molecule has 0 aliphatic rings. The summed E-state index contributed by atoms with van der Waals surface area (Å²) in [7, 11) is -4.62. The highest BCUT2D eigenvalue weighted by atomic mass is 32.2. The van der Waals surface area contributed by atoms with Crippen molar-refractivity contribution in [3.63, 3.8) is 0 Å². The zero-order valence-corrected chi connectivity index (χ0v) is 13.4. The highest BCUT2D eigenvalue weighted by Gasteiger charge is 2.18. The molecule has 0 amide bonds. The summed E-state index contributed by atoms with van der Waals surface area (Å²) >= 11 is 0. The van der Waals surface area contributed by atoms with Crippen molar-refractivity contribution in [2.24, 2.45) is 0 Å². The molecule has 1 aromatic heterocycles. The Balaban J connectivity index is 2.78. The van der Waals surface area contributed by atoms with E-state index in [1.54, 1.807) is 19.2 Å². The monoisotopic (exact) mass is 319 g/mol. The van der Waals surface area contributed by atoms with E-state index < -0.39 is 20.8 Å². The van der Waals surface area contributed by atoms with Gasteiger partial charge in [0.05, 0.1) is 5.69 Å². The standard InChI is InChI=1S/C12H21N3O3S2/c1-3-6-14-11-5-7-13-10-12(11)20(17,18)15-8-9-19(16)4-2/h5,7,10,15H,3-4,6,8-9H2,1-2H3,(H,13,14). The molecule has 0 radical (unpaired) electrons. The van der Waals surface area contributed by atoms with E-state index in [1.165, 1.54) is 6.20 Å². The van der Waals surface area contributed by atoms with Gasteiger partial charge in [-0.1, -0.05) is 13.8 Å². The average Bonchev–Trinajstić information content (AvgIpc) is 2.45. The van der Waals surface area contributed by atoms with Crippen molar-refractivity contribution < 1.29 is 12.6 Å². The Hall–Kier alpha value is -0.990. The molecule has 2 N–H and O–H groups in total. The van der Waals surface area contributed by atoms with E-state index in [0.717, 1.165) is 6.42 Å². The van der Waals surface area contributed by atoms with Gasteiger partial charge in [0.25, 0.3) is 0 Å². The van der Waals surface area contributed by atoms with Crippen molar-refractivity contribution in [2.75, 3.05) is 29.9 Å². The predicted molar refractivity (Wildman–Crippen MR) is 81.8 cm³/mol.